The second kappa shape index (κ2) is 10.9. The molecule has 2 heterocycles. The Bertz CT molecular complexity index is 1760. The Kier molecular flexibility index (Phi) is 7.35. The lowest BCUT2D eigenvalue weighted by molar-refractivity contribution is -0.133. The summed E-state index contributed by atoms with van der Waals surface area (Å²) in [6.07, 6.45) is 0.832. The van der Waals surface area contributed by atoms with Gasteiger partial charge in [-0.25, -0.2) is 9.59 Å². The highest BCUT2D eigenvalue weighted by molar-refractivity contribution is 6.05. The number of morpholine rings is 1. The van der Waals surface area contributed by atoms with E-state index in [2.05, 4.69) is 0 Å². The van der Waals surface area contributed by atoms with Gasteiger partial charge in [-0.15, -0.1) is 0 Å². The van der Waals surface area contributed by atoms with Crippen LogP contribution in [0.3, 0.4) is 0 Å². The number of aromatic nitrogens is 2. The number of nitrogens with zero attached hydrogens (tertiary/aromatic N) is 6. The van der Waals surface area contributed by atoms with Crippen molar-refractivity contribution in [1.82, 2.24) is 14.0 Å². The van der Waals surface area contributed by atoms with Gasteiger partial charge < -0.3 is 15.4 Å². The molecular weight excluding hydrogens is 526 g/mol. The predicted octanol–water partition coefficient (Wildman–Crippen LogP) is 2.34. The highest BCUT2D eigenvalue weighted by Gasteiger charge is 2.34. The molecule has 12 nitrogen and oxygen atoms in total. The minimum atomic E-state index is -1.08. The number of anilines is 2. The molecule has 2 fully saturated rings. The lowest BCUT2D eigenvalue weighted by Gasteiger charge is -2.34. The maximum atomic E-state index is 14.0. The molecule has 2 aromatic carbocycles. The zero-order chi connectivity index (χ0) is 29.4. The third kappa shape index (κ3) is 5.17. The Labute approximate surface area is 235 Å². The van der Waals surface area contributed by atoms with E-state index in [1.54, 1.807) is 22.8 Å². The summed E-state index contributed by atoms with van der Waals surface area (Å²) in [5, 5.41) is 19.3. The first kappa shape index (κ1) is 27.6. The van der Waals surface area contributed by atoms with Crippen molar-refractivity contribution < 1.29 is 14.3 Å². The molecule has 1 unspecified atom stereocenters. The summed E-state index contributed by atoms with van der Waals surface area (Å²) < 4.78 is 8.56. The number of nitrogens with two attached hydrogens (primary N) is 1. The van der Waals surface area contributed by atoms with Gasteiger partial charge in [0.05, 0.1) is 40.9 Å². The van der Waals surface area contributed by atoms with Crippen LogP contribution in [0.1, 0.15) is 43.9 Å². The first-order chi connectivity index (χ1) is 19.6. The number of amides is 3. The van der Waals surface area contributed by atoms with Crippen LogP contribution in [0.15, 0.2) is 46.0 Å². The Hall–Kier alpha value is -4.94. The van der Waals surface area contributed by atoms with Crippen LogP contribution in [0.25, 0.3) is 10.9 Å². The van der Waals surface area contributed by atoms with E-state index in [4.69, 9.17) is 10.5 Å². The van der Waals surface area contributed by atoms with E-state index in [0.29, 0.717) is 17.7 Å². The maximum Gasteiger partial charge on any atom is 0.331 e. The summed E-state index contributed by atoms with van der Waals surface area (Å²) in [5.41, 5.74) is 5.82. The molecule has 3 aromatic rings. The zero-order valence-electron chi connectivity index (χ0n) is 22.7. The Balaban J connectivity index is 1.70. The second-order valence-corrected chi connectivity index (χ2v) is 10.6. The number of urea groups is 1. The average molecular weight is 556 g/mol. The number of carbonyl (C=O) groups excluding carboxylic acids is 2. The van der Waals surface area contributed by atoms with Crippen LogP contribution in [-0.2, 0) is 16.1 Å². The standard InChI is InChI=1S/C29H29N7O5/c1-17(2)35-24-8-7-22(12-23(24)26(37)34(29(35)40)15-18-3-4-18)36(21-6-5-19(13-30)20(11-21)14-31)27(38)25-16-33(28(32)39)9-10-41-25/h5-8,11-12,17-18,25H,3-4,9-10,15-16H2,1-2H3,(H2,32,39). The van der Waals surface area contributed by atoms with Crippen LogP contribution in [-0.4, -0.2) is 51.8 Å². The third-order valence-corrected chi connectivity index (χ3v) is 7.44. The summed E-state index contributed by atoms with van der Waals surface area (Å²) in [4.78, 5) is 55.4. The van der Waals surface area contributed by atoms with Crippen molar-refractivity contribution in [2.45, 2.75) is 45.4 Å². The van der Waals surface area contributed by atoms with Crippen molar-refractivity contribution in [2.24, 2.45) is 11.7 Å². The molecule has 0 spiro atoms. The molecule has 210 valence electrons. The number of rotatable bonds is 6. The maximum absolute atomic E-state index is 14.0. The highest BCUT2D eigenvalue weighted by atomic mass is 16.5. The van der Waals surface area contributed by atoms with Crippen molar-refractivity contribution in [2.75, 3.05) is 24.6 Å². The number of hydrogen-bond acceptors (Lipinski definition) is 7. The van der Waals surface area contributed by atoms with Crippen LogP contribution < -0.4 is 21.9 Å². The first-order valence-corrected chi connectivity index (χ1v) is 13.4. The summed E-state index contributed by atoms with van der Waals surface area (Å²) in [7, 11) is 0. The van der Waals surface area contributed by atoms with Crippen LogP contribution in [0.4, 0.5) is 16.2 Å². The Morgan fingerprint density at radius 3 is 2.39 bits per heavy atom. The molecule has 1 atom stereocenters. The van der Waals surface area contributed by atoms with E-state index in [9.17, 15) is 29.7 Å². The molecule has 2 aliphatic rings. The summed E-state index contributed by atoms with van der Waals surface area (Å²) in [6, 6.07) is 12.2. The number of benzene rings is 2. The van der Waals surface area contributed by atoms with E-state index in [1.807, 2.05) is 26.0 Å². The van der Waals surface area contributed by atoms with Crippen molar-refractivity contribution in [3.63, 3.8) is 0 Å². The minimum Gasteiger partial charge on any atom is -0.365 e. The van der Waals surface area contributed by atoms with E-state index in [-0.39, 0.29) is 59.5 Å². The average Bonchev–Trinajstić information content (AvgIpc) is 3.79. The summed E-state index contributed by atoms with van der Waals surface area (Å²) in [5.74, 6) is -0.279. The Morgan fingerprint density at radius 1 is 1.07 bits per heavy atom. The van der Waals surface area contributed by atoms with E-state index < -0.39 is 23.6 Å². The summed E-state index contributed by atoms with van der Waals surface area (Å²) in [6.45, 7) is 4.29. The normalized spacial score (nSPS) is 16.8. The lowest BCUT2D eigenvalue weighted by atomic mass is 10.1. The van der Waals surface area contributed by atoms with Gasteiger partial charge >= 0.3 is 11.7 Å². The van der Waals surface area contributed by atoms with Crippen LogP contribution in [0.2, 0.25) is 0 Å². The smallest absolute Gasteiger partial charge is 0.331 e. The van der Waals surface area contributed by atoms with Crippen molar-refractivity contribution in [3.8, 4) is 12.1 Å². The van der Waals surface area contributed by atoms with Gasteiger partial charge in [0.25, 0.3) is 11.5 Å². The highest BCUT2D eigenvalue weighted by Crippen LogP contribution is 2.32. The van der Waals surface area contributed by atoms with E-state index in [0.717, 1.165) is 12.8 Å². The molecule has 2 N–H and O–H groups in total. The Morgan fingerprint density at radius 2 is 1.76 bits per heavy atom. The van der Waals surface area contributed by atoms with E-state index >= 15 is 0 Å². The zero-order valence-corrected chi connectivity index (χ0v) is 22.7. The second-order valence-electron chi connectivity index (χ2n) is 10.6. The number of primary amides is 1. The van der Waals surface area contributed by atoms with Crippen LogP contribution >= 0.6 is 0 Å². The predicted molar refractivity (Wildman–Crippen MR) is 149 cm³/mol. The number of ether oxygens (including phenoxy) is 1. The quantitative estimate of drug-likeness (QED) is 0.487. The number of nitriles is 2. The van der Waals surface area contributed by atoms with Gasteiger partial charge in [-0.3, -0.25) is 23.6 Å². The fraction of sp³-hybridized carbons (Fsp3) is 0.379. The van der Waals surface area contributed by atoms with Gasteiger partial charge in [0.1, 0.15) is 12.1 Å². The van der Waals surface area contributed by atoms with Gasteiger partial charge in [0.15, 0.2) is 6.10 Å². The van der Waals surface area contributed by atoms with Gasteiger partial charge in [-0.2, -0.15) is 10.5 Å². The largest absolute Gasteiger partial charge is 0.365 e. The number of fused-ring (bicyclic) bond motifs is 1. The molecule has 1 aliphatic carbocycles. The molecule has 1 saturated carbocycles. The fourth-order valence-corrected chi connectivity index (χ4v) is 5.14. The van der Waals surface area contributed by atoms with Crippen molar-refractivity contribution in [3.05, 3.63) is 68.4 Å². The fourth-order valence-electron chi connectivity index (χ4n) is 5.14. The number of hydrogen-bond donors (Lipinski definition) is 1. The molecule has 0 bridgehead atoms. The van der Waals surface area contributed by atoms with Gasteiger partial charge in [0.2, 0.25) is 0 Å². The van der Waals surface area contributed by atoms with Gasteiger partial charge in [-0.1, -0.05) is 0 Å². The molecule has 3 amide bonds. The van der Waals surface area contributed by atoms with E-state index in [1.165, 1.54) is 32.6 Å². The van der Waals surface area contributed by atoms with Crippen molar-refractivity contribution >= 4 is 34.2 Å². The van der Waals surface area contributed by atoms with Crippen LogP contribution in [0, 0.1) is 28.6 Å². The topological polar surface area (TPSA) is 167 Å². The van der Waals surface area contributed by atoms with Crippen LogP contribution in [0.5, 0.6) is 0 Å². The first-order valence-electron chi connectivity index (χ1n) is 13.4. The number of carbonyl (C=O) groups is 2. The van der Waals surface area contributed by atoms with Gasteiger partial charge in [0, 0.05) is 24.8 Å². The SMILES string of the molecule is CC(C)n1c(=O)n(CC2CC2)c(=O)c2cc(N(C(=O)C3CN(C(N)=O)CCO3)c3ccc(C#N)c(C#N)c3)ccc21. The molecule has 1 saturated heterocycles. The lowest BCUT2D eigenvalue weighted by Crippen LogP contribution is -2.53. The summed E-state index contributed by atoms with van der Waals surface area (Å²) >= 11 is 0. The van der Waals surface area contributed by atoms with Crippen molar-refractivity contribution in [1.29, 1.82) is 10.5 Å². The molecule has 0 radical (unpaired) electrons. The monoisotopic (exact) mass is 555 g/mol. The molecule has 5 rings (SSSR count). The molecule has 41 heavy (non-hydrogen) atoms. The molecule has 1 aromatic heterocycles. The molecule has 1 aliphatic heterocycles. The molecular formula is C29H29N7O5. The van der Waals surface area contributed by atoms with Gasteiger partial charge in [-0.05, 0) is 69.0 Å². The third-order valence-electron chi connectivity index (χ3n) is 7.44. The molecule has 12 heteroatoms. The minimum absolute atomic E-state index is 0.0624.